The molecule has 3 heterocycles. The van der Waals surface area contributed by atoms with Crippen molar-refractivity contribution in [3.8, 4) is 5.82 Å². The minimum Gasteiger partial charge on any atom is -0.343 e. The third-order valence-corrected chi connectivity index (χ3v) is 4.99. The van der Waals surface area contributed by atoms with Gasteiger partial charge in [0, 0.05) is 37.0 Å². The zero-order valence-corrected chi connectivity index (χ0v) is 16.0. The molecule has 2 aromatic heterocycles. The van der Waals surface area contributed by atoms with Crippen molar-refractivity contribution in [1.29, 1.82) is 0 Å². The van der Waals surface area contributed by atoms with Crippen LogP contribution < -0.4 is 5.32 Å². The number of rotatable bonds is 6. The summed E-state index contributed by atoms with van der Waals surface area (Å²) in [5, 5.41) is 10.4. The van der Waals surface area contributed by atoms with E-state index in [1.54, 1.807) is 22.9 Å². The highest BCUT2D eigenvalue weighted by Crippen LogP contribution is 2.15. The van der Waals surface area contributed by atoms with Crippen LogP contribution >= 0.6 is 0 Å². The van der Waals surface area contributed by atoms with E-state index in [1.807, 2.05) is 29.2 Å². The predicted octanol–water partition coefficient (Wildman–Crippen LogP) is 2.47. The molecule has 1 saturated heterocycles. The van der Waals surface area contributed by atoms with E-state index >= 15 is 0 Å². The summed E-state index contributed by atoms with van der Waals surface area (Å²) in [6.07, 6.45) is 8.07. The van der Waals surface area contributed by atoms with Crippen LogP contribution in [0.1, 0.15) is 35.2 Å². The Bertz CT molecular complexity index is 979. The van der Waals surface area contributed by atoms with Gasteiger partial charge >= 0.3 is 0 Å². The van der Waals surface area contributed by atoms with Crippen molar-refractivity contribution in [1.82, 2.24) is 24.6 Å². The predicted molar refractivity (Wildman–Crippen MR) is 108 cm³/mol. The molecule has 0 radical (unpaired) electrons. The summed E-state index contributed by atoms with van der Waals surface area (Å²) in [6.45, 7) is 1.77. The van der Waals surface area contributed by atoms with Gasteiger partial charge in [-0.1, -0.05) is 12.1 Å². The summed E-state index contributed by atoms with van der Waals surface area (Å²) in [7, 11) is 0. The maximum absolute atomic E-state index is 12.6. The molecule has 29 heavy (non-hydrogen) atoms. The van der Waals surface area contributed by atoms with E-state index < -0.39 is 0 Å². The van der Waals surface area contributed by atoms with Gasteiger partial charge in [0.2, 0.25) is 5.91 Å². The highest BCUT2D eigenvalue weighted by atomic mass is 16.2. The largest absolute Gasteiger partial charge is 0.343 e. The molecule has 8 nitrogen and oxygen atoms in total. The van der Waals surface area contributed by atoms with Crippen LogP contribution in [-0.2, 0) is 11.2 Å². The fourth-order valence-electron chi connectivity index (χ4n) is 3.35. The normalized spacial score (nSPS) is 13.4. The Morgan fingerprint density at radius 2 is 1.72 bits per heavy atom. The number of benzene rings is 1. The number of amides is 2. The second-order valence-electron chi connectivity index (χ2n) is 7.01. The molecule has 0 unspecified atom stereocenters. The third-order valence-electron chi connectivity index (χ3n) is 4.99. The first-order valence-electron chi connectivity index (χ1n) is 9.68. The Kier molecular flexibility index (Phi) is 5.60. The van der Waals surface area contributed by atoms with Crippen molar-refractivity contribution in [2.75, 3.05) is 18.4 Å². The van der Waals surface area contributed by atoms with Gasteiger partial charge in [-0.25, -0.2) is 4.98 Å². The number of nitrogens with one attached hydrogen (secondary N) is 1. The lowest BCUT2D eigenvalue weighted by Crippen LogP contribution is -2.27. The Hall–Kier alpha value is -3.55. The summed E-state index contributed by atoms with van der Waals surface area (Å²) in [6, 6.07) is 10.9. The molecule has 1 aliphatic heterocycles. The van der Waals surface area contributed by atoms with Crippen molar-refractivity contribution in [3.05, 3.63) is 66.4 Å². The van der Waals surface area contributed by atoms with E-state index in [-0.39, 0.29) is 11.8 Å². The van der Waals surface area contributed by atoms with E-state index in [9.17, 15) is 9.59 Å². The van der Waals surface area contributed by atoms with Gasteiger partial charge in [0.15, 0.2) is 0 Å². The van der Waals surface area contributed by atoms with Crippen molar-refractivity contribution in [2.45, 2.75) is 25.7 Å². The van der Waals surface area contributed by atoms with Gasteiger partial charge in [0.05, 0.1) is 0 Å². The van der Waals surface area contributed by atoms with E-state index in [0.29, 0.717) is 29.9 Å². The fraction of sp³-hybridized carbons (Fsp3) is 0.286. The molecule has 148 valence electrons. The first-order valence-corrected chi connectivity index (χ1v) is 9.68. The van der Waals surface area contributed by atoms with Gasteiger partial charge < -0.3 is 10.2 Å². The summed E-state index contributed by atoms with van der Waals surface area (Å²) in [5.74, 6) is 0.570. The molecular weight excluding hydrogens is 368 g/mol. The molecule has 2 amide bonds. The van der Waals surface area contributed by atoms with Crippen molar-refractivity contribution in [2.24, 2.45) is 0 Å². The second kappa shape index (κ2) is 8.64. The molecule has 8 heteroatoms. The lowest BCUT2D eigenvalue weighted by atomic mass is 10.1. The van der Waals surface area contributed by atoms with Gasteiger partial charge in [-0.05, 0) is 49.1 Å². The smallest absolute Gasteiger partial charge is 0.255 e. The third kappa shape index (κ3) is 4.66. The Balaban J connectivity index is 1.34. The molecule has 1 aromatic carbocycles. The fourth-order valence-corrected chi connectivity index (χ4v) is 3.35. The molecule has 1 fully saturated rings. The number of carbonyl (C=O) groups is 2. The topological polar surface area (TPSA) is 93.0 Å². The van der Waals surface area contributed by atoms with E-state index in [1.165, 1.54) is 12.7 Å². The molecule has 0 aliphatic carbocycles. The molecule has 0 atom stereocenters. The first kappa shape index (κ1) is 18.8. The van der Waals surface area contributed by atoms with Gasteiger partial charge in [-0.3, -0.25) is 14.2 Å². The number of anilines is 1. The average Bonchev–Trinajstić information content (AvgIpc) is 3.47. The summed E-state index contributed by atoms with van der Waals surface area (Å²) in [5.41, 5.74) is 2.27. The maximum atomic E-state index is 12.6. The number of carbonyl (C=O) groups excluding carboxylic acids is 2. The van der Waals surface area contributed by atoms with Gasteiger partial charge in [-0.2, -0.15) is 0 Å². The molecule has 4 rings (SSSR count). The molecule has 3 aromatic rings. The highest BCUT2D eigenvalue weighted by molar-refractivity contribution is 6.04. The monoisotopic (exact) mass is 390 g/mol. The van der Waals surface area contributed by atoms with Crippen LogP contribution in [0.15, 0.2) is 55.2 Å². The zero-order chi connectivity index (χ0) is 20.1. The molecule has 0 bridgehead atoms. The second-order valence-corrected chi connectivity index (χ2v) is 7.01. The number of hydrogen-bond donors (Lipinski definition) is 1. The van der Waals surface area contributed by atoms with Crippen LogP contribution in [-0.4, -0.2) is 49.6 Å². The Morgan fingerprint density at radius 1 is 1.00 bits per heavy atom. The van der Waals surface area contributed by atoms with E-state index in [2.05, 4.69) is 20.5 Å². The molecular formula is C21H22N6O2. The minimum atomic E-state index is -0.223. The lowest BCUT2D eigenvalue weighted by Gasteiger charge is -2.15. The highest BCUT2D eigenvalue weighted by Gasteiger charge is 2.17. The summed E-state index contributed by atoms with van der Waals surface area (Å²) >= 11 is 0. The van der Waals surface area contributed by atoms with Gasteiger partial charge in [0.1, 0.15) is 18.5 Å². The van der Waals surface area contributed by atoms with Gasteiger partial charge in [-0.15, -0.1) is 10.2 Å². The van der Waals surface area contributed by atoms with E-state index in [4.69, 9.17) is 0 Å². The van der Waals surface area contributed by atoms with Crippen molar-refractivity contribution < 1.29 is 9.59 Å². The minimum absolute atomic E-state index is 0.223. The molecule has 1 N–H and O–H groups in total. The first-order chi connectivity index (χ1) is 14.2. The molecule has 0 saturated carbocycles. The van der Waals surface area contributed by atoms with Crippen LogP contribution in [0.5, 0.6) is 0 Å². The lowest BCUT2D eigenvalue weighted by molar-refractivity contribution is -0.130. The molecule has 1 aliphatic rings. The quantitative estimate of drug-likeness (QED) is 0.698. The number of likely N-dealkylation sites (tertiary alicyclic amines) is 1. The average molecular weight is 390 g/mol. The zero-order valence-electron chi connectivity index (χ0n) is 16.0. The number of nitrogens with zero attached hydrogens (tertiary/aromatic N) is 5. The number of aryl methyl sites for hydroxylation is 1. The maximum Gasteiger partial charge on any atom is 0.255 e. The number of hydrogen-bond acceptors (Lipinski definition) is 5. The number of pyridine rings is 1. The SMILES string of the molecule is O=C(Nc1ccc(CCC(=O)N2CCCC2)cc1)c1ccnc(-n2cnnc2)c1. The van der Waals surface area contributed by atoms with Crippen LogP contribution in [0.25, 0.3) is 5.82 Å². The van der Waals surface area contributed by atoms with Crippen LogP contribution in [0.2, 0.25) is 0 Å². The van der Waals surface area contributed by atoms with Crippen LogP contribution in [0, 0.1) is 0 Å². The molecule has 0 spiro atoms. The van der Waals surface area contributed by atoms with Crippen molar-refractivity contribution >= 4 is 17.5 Å². The summed E-state index contributed by atoms with van der Waals surface area (Å²) < 4.78 is 1.63. The van der Waals surface area contributed by atoms with Crippen molar-refractivity contribution in [3.63, 3.8) is 0 Å². The Labute approximate surface area is 168 Å². The summed E-state index contributed by atoms with van der Waals surface area (Å²) in [4.78, 5) is 30.9. The number of aromatic nitrogens is 4. The Morgan fingerprint density at radius 3 is 2.45 bits per heavy atom. The van der Waals surface area contributed by atoms with Crippen LogP contribution in [0.4, 0.5) is 5.69 Å². The standard InChI is InChI=1S/C21H22N6O2/c28-20(26-11-1-2-12-26)8-5-16-3-6-18(7-4-16)25-21(29)17-9-10-22-19(13-17)27-14-23-24-15-27/h3-4,6-7,9-10,13-15H,1-2,5,8,11-12H2,(H,25,29). The van der Waals surface area contributed by atoms with E-state index in [0.717, 1.165) is 31.5 Å². The van der Waals surface area contributed by atoms with Gasteiger partial charge in [0.25, 0.3) is 5.91 Å². The van der Waals surface area contributed by atoms with Crippen LogP contribution in [0.3, 0.4) is 0 Å².